The molecule has 0 radical (unpaired) electrons. The van der Waals surface area contributed by atoms with Crippen LogP contribution in [0.4, 0.5) is 0 Å². The molecule has 2 heterocycles. The van der Waals surface area contributed by atoms with Crippen molar-refractivity contribution in [3.8, 4) is 16.9 Å². The number of phenolic OH excluding ortho intramolecular Hbond substituents is 1. The third kappa shape index (κ3) is 4.46. The number of rotatable bonds is 5. The zero-order valence-electron chi connectivity index (χ0n) is 17.4. The highest BCUT2D eigenvalue weighted by Gasteiger charge is 2.26. The van der Waals surface area contributed by atoms with E-state index < -0.39 is 15.5 Å². The highest BCUT2D eigenvalue weighted by Crippen LogP contribution is 2.33. The molecule has 0 aliphatic rings. The van der Waals surface area contributed by atoms with Crippen molar-refractivity contribution in [1.29, 1.82) is 0 Å². The van der Waals surface area contributed by atoms with E-state index in [2.05, 4.69) is 9.97 Å². The number of hydrogen-bond donors (Lipinski definition) is 1. The van der Waals surface area contributed by atoms with E-state index in [4.69, 9.17) is 23.2 Å². The first kappa shape index (κ1) is 23.6. The molecule has 0 unspecified atom stereocenters. The SMILES string of the molecule is CCSc1nc(=O)n2c(=Cc3cc(Cl)c(O)c(Cl)c3)c(-c3ccccc3)c(S(C)(=O)=O)c2n1. The Morgan fingerprint density at radius 2 is 1.76 bits per heavy atom. The van der Waals surface area contributed by atoms with Crippen LogP contribution in [-0.4, -0.2) is 39.9 Å². The van der Waals surface area contributed by atoms with E-state index in [1.807, 2.05) is 6.92 Å². The normalized spacial score (nSPS) is 12.5. The first-order valence-electron chi connectivity index (χ1n) is 9.66. The molecule has 2 aromatic carbocycles. The van der Waals surface area contributed by atoms with E-state index >= 15 is 0 Å². The van der Waals surface area contributed by atoms with E-state index in [1.54, 1.807) is 36.4 Å². The van der Waals surface area contributed by atoms with E-state index in [0.29, 0.717) is 22.4 Å². The van der Waals surface area contributed by atoms with Gasteiger partial charge in [0.1, 0.15) is 4.90 Å². The van der Waals surface area contributed by atoms with Crippen molar-refractivity contribution in [1.82, 2.24) is 14.4 Å². The fourth-order valence-electron chi connectivity index (χ4n) is 3.49. The van der Waals surface area contributed by atoms with Crippen molar-refractivity contribution in [3.05, 3.63) is 73.9 Å². The number of sulfone groups is 1. The summed E-state index contributed by atoms with van der Waals surface area (Å²) in [7, 11) is -3.82. The van der Waals surface area contributed by atoms with Crippen molar-refractivity contribution < 1.29 is 13.5 Å². The van der Waals surface area contributed by atoms with Crippen LogP contribution in [0.3, 0.4) is 0 Å². The van der Waals surface area contributed by atoms with Gasteiger partial charge in [0.05, 0.1) is 15.4 Å². The highest BCUT2D eigenvalue weighted by molar-refractivity contribution is 7.99. The second-order valence-electron chi connectivity index (χ2n) is 7.09. The van der Waals surface area contributed by atoms with E-state index in [1.165, 1.54) is 28.3 Å². The van der Waals surface area contributed by atoms with Gasteiger partial charge in [0, 0.05) is 11.8 Å². The van der Waals surface area contributed by atoms with Crippen molar-refractivity contribution >= 4 is 56.5 Å². The summed E-state index contributed by atoms with van der Waals surface area (Å²) in [6.45, 7) is 1.88. The average Bonchev–Trinajstić information content (AvgIpc) is 3.07. The van der Waals surface area contributed by atoms with Crippen LogP contribution < -0.4 is 11.0 Å². The maximum atomic E-state index is 13.1. The Hall–Kier alpha value is -2.59. The summed E-state index contributed by atoms with van der Waals surface area (Å²) in [6.07, 6.45) is 2.64. The van der Waals surface area contributed by atoms with Crippen LogP contribution in [0, 0.1) is 0 Å². The summed E-state index contributed by atoms with van der Waals surface area (Å²) in [5, 5.41) is 10.4. The summed E-state index contributed by atoms with van der Waals surface area (Å²) in [5.74, 6) is 0.337. The van der Waals surface area contributed by atoms with Crippen molar-refractivity contribution in [2.45, 2.75) is 17.0 Å². The van der Waals surface area contributed by atoms with Crippen molar-refractivity contribution in [2.75, 3.05) is 12.0 Å². The number of phenols is 1. The fourth-order valence-corrected chi connectivity index (χ4v) is 5.61. The molecule has 0 fully saturated rings. The third-order valence-electron chi connectivity index (χ3n) is 4.77. The lowest BCUT2D eigenvalue weighted by Crippen LogP contribution is -2.27. The lowest BCUT2D eigenvalue weighted by Gasteiger charge is -2.04. The topological polar surface area (TPSA) is 102 Å². The van der Waals surface area contributed by atoms with Crippen molar-refractivity contribution in [2.24, 2.45) is 0 Å². The number of aromatic hydroxyl groups is 1. The van der Waals surface area contributed by atoms with Gasteiger partial charge in [-0.15, -0.1) is 0 Å². The summed E-state index contributed by atoms with van der Waals surface area (Å²) >= 11 is 13.4. The smallest absolute Gasteiger partial charge is 0.356 e. The Labute approximate surface area is 203 Å². The predicted octanol–water partition coefficient (Wildman–Crippen LogP) is 3.83. The number of nitrogens with zero attached hydrogens (tertiary/aromatic N) is 3. The zero-order chi connectivity index (χ0) is 23.9. The molecular formula is C22H17Cl2N3O4S2. The van der Waals surface area contributed by atoms with Crippen LogP contribution >= 0.6 is 35.0 Å². The van der Waals surface area contributed by atoms with Gasteiger partial charge in [0.15, 0.2) is 26.4 Å². The number of fused-ring (bicyclic) bond motifs is 1. The molecule has 0 saturated carbocycles. The highest BCUT2D eigenvalue weighted by atomic mass is 35.5. The van der Waals surface area contributed by atoms with E-state index in [9.17, 15) is 18.3 Å². The lowest BCUT2D eigenvalue weighted by atomic mass is 10.1. The maximum Gasteiger partial charge on any atom is 0.356 e. The Kier molecular flexibility index (Phi) is 6.41. The first-order chi connectivity index (χ1) is 15.6. The van der Waals surface area contributed by atoms with Gasteiger partial charge in [0.25, 0.3) is 0 Å². The maximum absolute atomic E-state index is 13.1. The van der Waals surface area contributed by atoms with Gasteiger partial charge >= 0.3 is 5.69 Å². The summed E-state index contributed by atoms with van der Waals surface area (Å²) < 4.78 is 27.1. The van der Waals surface area contributed by atoms with Gasteiger partial charge in [-0.25, -0.2) is 22.6 Å². The molecule has 0 aliphatic carbocycles. The van der Waals surface area contributed by atoms with Gasteiger partial charge in [-0.3, -0.25) is 0 Å². The lowest BCUT2D eigenvalue weighted by molar-refractivity contribution is 0.476. The molecular weight excluding hydrogens is 505 g/mol. The second kappa shape index (κ2) is 8.98. The molecule has 170 valence electrons. The van der Waals surface area contributed by atoms with E-state index in [0.717, 1.165) is 6.26 Å². The van der Waals surface area contributed by atoms with Gasteiger partial charge in [-0.1, -0.05) is 72.2 Å². The molecule has 0 aliphatic heterocycles. The molecule has 0 atom stereocenters. The molecule has 2 aromatic heterocycles. The Bertz CT molecular complexity index is 1580. The minimum Gasteiger partial charge on any atom is -0.505 e. The van der Waals surface area contributed by atoms with Gasteiger partial charge in [-0.2, -0.15) is 4.98 Å². The summed E-state index contributed by atoms with van der Waals surface area (Å²) in [5.41, 5.74) is 0.670. The monoisotopic (exact) mass is 521 g/mol. The zero-order valence-corrected chi connectivity index (χ0v) is 20.6. The number of benzene rings is 2. The van der Waals surface area contributed by atoms with Crippen LogP contribution in [0.15, 0.2) is 57.3 Å². The molecule has 0 spiro atoms. The van der Waals surface area contributed by atoms with Crippen LogP contribution in [0.2, 0.25) is 10.0 Å². The van der Waals surface area contributed by atoms with Crippen LogP contribution in [0.1, 0.15) is 12.5 Å². The average molecular weight is 522 g/mol. The minimum absolute atomic E-state index is 0.00507. The number of aromatic nitrogens is 3. The molecule has 0 bridgehead atoms. The molecule has 11 heteroatoms. The van der Waals surface area contributed by atoms with Gasteiger partial charge < -0.3 is 5.11 Å². The molecule has 1 N–H and O–H groups in total. The molecule has 33 heavy (non-hydrogen) atoms. The summed E-state index contributed by atoms with van der Waals surface area (Å²) in [4.78, 5) is 21.5. The largest absolute Gasteiger partial charge is 0.505 e. The third-order valence-corrected chi connectivity index (χ3v) is 7.21. The standard InChI is InChI=1S/C22H17Cl2N3O4S2/c1-3-32-21-25-20-19(33(2,30)31)17(13-7-5-4-6-8-13)16(27(20)22(29)26-21)11-12-9-14(23)18(28)15(24)10-12/h4-11,28H,3H2,1-2H3. The number of hydrogen-bond acceptors (Lipinski definition) is 7. The second-order valence-corrected chi connectivity index (χ2v) is 11.1. The number of thioether (sulfide) groups is 1. The molecule has 4 rings (SSSR count). The van der Waals surface area contributed by atoms with E-state index in [-0.39, 0.29) is 36.8 Å². The number of halogens is 2. The Morgan fingerprint density at radius 1 is 1.12 bits per heavy atom. The van der Waals surface area contributed by atoms with Crippen LogP contribution in [-0.2, 0) is 9.84 Å². The predicted molar refractivity (Wildman–Crippen MR) is 131 cm³/mol. The van der Waals surface area contributed by atoms with Gasteiger partial charge in [0.2, 0.25) is 0 Å². The van der Waals surface area contributed by atoms with Crippen molar-refractivity contribution in [3.63, 3.8) is 0 Å². The summed E-state index contributed by atoms with van der Waals surface area (Å²) in [6, 6.07) is 11.8. The first-order valence-corrected chi connectivity index (χ1v) is 13.3. The van der Waals surface area contributed by atoms with Crippen LogP contribution in [0.25, 0.3) is 22.9 Å². The Balaban J connectivity index is 2.26. The molecule has 0 saturated heterocycles. The Morgan fingerprint density at radius 3 is 2.33 bits per heavy atom. The van der Waals surface area contributed by atoms with Crippen LogP contribution in [0.5, 0.6) is 5.75 Å². The molecule has 4 aromatic rings. The fraction of sp³-hybridized carbons (Fsp3) is 0.136. The minimum atomic E-state index is -3.82. The molecule has 0 amide bonds. The van der Waals surface area contributed by atoms with Gasteiger partial charge in [-0.05, 0) is 35.1 Å². The quantitative estimate of drug-likeness (QED) is 0.398. The molecule has 7 nitrogen and oxygen atoms in total.